The summed E-state index contributed by atoms with van der Waals surface area (Å²) in [6, 6.07) is 10.7. The van der Waals surface area contributed by atoms with E-state index < -0.39 is 5.82 Å². The highest BCUT2D eigenvalue weighted by atomic mass is 35.5. The Morgan fingerprint density at radius 3 is 2.08 bits per heavy atom. The summed E-state index contributed by atoms with van der Waals surface area (Å²) in [5, 5.41) is 8.42. The Labute approximate surface area is 224 Å². The molecule has 0 atom stereocenters. The van der Waals surface area contributed by atoms with Gasteiger partial charge in [0.25, 0.3) is 5.91 Å². The van der Waals surface area contributed by atoms with Gasteiger partial charge in [0.05, 0.1) is 5.02 Å². The third-order valence-electron chi connectivity index (χ3n) is 5.82. The molecular weight excluding hydrogens is 497 g/mol. The maximum absolute atomic E-state index is 13.3. The fourth-order valence-corrected chi connectivity index (χ4v) is 4.23. The van der Waals surface area contributed by atoms with Gasteiger partial charge in [0.1, 0.15) is 5.82 Å². The second kappa shape index (κ2) is 17.0. The summed E-state index contributed by atoms with van der Waals surface area (Å²) in [4.78, 5) is 24.7. The van der Waals surface area contributed by atoms with Crippen molar-refractivity contribution in [3.8, 4) is 0 Å². The van der Waals surface area contributed by atoms with Gasteiger partial charge in [-0.15, -0.1) is 0 Å². The van der Waals surface area contributed by atoms with Crippen molar-refractivity contribution in [1.82, 2.24) is 5.32 Å². The minimum atomic E-state index is -0.556. The Hall–Kier alpha value is -2.51. The van der Waals surface area contributed by atoms with E-state index in [-0.39, 0.29) is 21.9 Å². The summed E-state index contributed by atoms with van der Waals surface area (Å²) in [5.74, 6) is -1.06. The van der Waals surface area contributed by atoms with E-state index in [0.29, 0.717) is 23.4 Å². The molecule has 0 unspecified atom stereocenters. The highest BCUT2D eigenvalue weighted by Gasteiger charge is 2.10. The average Bonchev–Trinajstić information content (AvgIpc) is 2.85. The van der Waals surface area contributed by atoms with Crippen LogP contribution in [0.25, 0.3) is 0 Å². The van der Waals surface area contributed by atoms with Gasteiger partial charge in [0, 0.05) is 23.4 Å². The smallest absolute Gasteiger partial charge is 0.255 e. The van der Waals surface area contributed by atoms with Crippen molar-refractivity contribution >= 4 is 52.1 Å². The number of nitrogens with one attached hydrogen (secondary N) is 3. The number of thiocarbonyl (C=S) groups is 1. The Balaban J connectivity index is 1.64. The zero-order valence-corrected chi connectivity index (χ0v) is 22.6. The molecule has 0 aliphatic rings. The van der Waals surface area contributed by atoms with Crippen molar-refractivity contribution in [2.75, 3.05) is 10.6 Å². The molecule has 0 fully saturated rings. The van der Waals surface area contributed by atoms with Crippen LogP contribution in [-0.4, -0.2) is 16.9 Å². The van der Waals surface area contributed by atoms with Gasteiger partial charge in [-0.05, 0) is 55.0 Å². The monoisotopic (exact) mass is 533 g/mol. The average molecular weight is 534 g/mol. The number of benzene rings is 2. The molecule has 8 heteroatoms. The number of anilines is 2. The minimum Gasteiger partial charge on any atom is -0.332 e. The normalized spacial score (nSPS) is 10.6. The number of hydrogen-bond acceptors (Lipinski definition) is 3. The Bertz CT molecular complexity index is 1000. The summed E-state index contributed by atoms with van der Waals surface area (Å²) in [6.45, 7) is 2.24. The summed E-state index contributed by atoms with van der Waals surface area (Å²) < 4.78 is 13.3. The predicted octanol–water partition coefficient (Wildman–Crippen LogP) is 8.25. The highest BCUT2D eigenvalue weighted by Crippen LogP contribution is 2.20. The van der Waals surface area contributed by atoms with E-state index in [4.69, 9.17) is 23.8 Å². The molecule has 5 nitrogen and oxygen atoms in total. The van der Waals surface area contributed by atoms with E-state index in [1.807, 2.05) is 0 Å². The summed E-state index contributed by atoms with van der Waals surface area (Å²) >= 11 is 11.0. The van der Waals surface area contributed by atoms with Crippen LogP contribution in [0.3, 0.4) is 0 Å². The maximum atomic E-state index is 13.3. The molecule has 0 aliphatic heterocycles. The SMILES string of the molecule is CCCCCCCCCCCCCC(=O)NC(=S)Nc1cccc(C(=O)Nc2ccc(F)c(Cl)c2)c1. The summed E-state index contributed by atoms with van der Waals surface area (Å²) in [5.41, 5.74) is 1.32. The van der Waals surface area contributed by atoms with Gasteiger partial charge >= 0.3 is 0 Å². The minimum absolute atomic E-state index is 0.0718. The van der Waals surface area contributed by atoms with Crippen LogP contribution in [0.5, 0.6) is 0 Å². The molecule has 0 aliphatic carbocycles. The third kappa shape index (κ3) is 12.0. The molecule has 0 spiro atoms. The molecule has 2 aromatic carbocycles. The number of carbonyl (C=O) groups is 2. The van der Waals surface area contributed by atoms with E-state index in [9.17, 15) is 14.0 Å². The van der Waals surface area contributed by atoms with Gasteiger partial charge in [0.15, 0.2) is 5.11 Å². The van der Waals surface area contributed by atoms with Crippen LogP contribution in [0.4, 0.5) is 15.8 Å². The molecule has 0 radical (unpaired) electrons. The van der Waals surface area contributed by atoms with Crippen molar-refractivity contribution < 1.29 is 14.0 Å². The fourth-order valence-electron chi connectivity index (χ4n) is 3.82. The lowest BCUT2D eigenvalue weighted by molar-refractivity contribution is -0.119. The third-order valence-corrected chi connectivity index (χ3v) is 6.31. The number of rotatable bonds is 15. The number of unbranched alkanes of at least 4 members (excludes halogenated alkanes) is 10. The molecule has 3 N–H and O–H groups in total. The number of hydrogen-bond donors (Lipinski definition) is 3. The van der Waals surface area contributed by atoms with Crippen LogP contribution in [-0.2, 0) is 4.79 Å². The largest absolute Gasteiger partial charge is 0.332 e. The van der Waals surface area contributed by atoms with E-state index in [1.165, 1.54) is 69.6 Å². The second-order valence-corrected chi connectivity index (χ2v) is 9.77. The fraction of sp³-hybridized carbons (Fsp3) is 0.464. The molecule has 36 heavy (non-hydrogen) atoms. The Morgan fingerprint density at radius 1 is 0.833 bits per heavy atom. The number of carbonyl (C=O) groups excluding carboxylic acids is 2. The predicted molar refractivity (Wildman–Crippen MR) is 151 cm³/mol. The van der Waals surface area contributed by atoms with Gasteiger partial charge in [-0.25, -0.2) is 4.39 Å². The molecule has 0 heterocycles. The molecule has 0 bridgehead atoms. The van der Waals surface area contributed by atoms with Crippen molar-refractivity contribution in [3.63, 3.8) is 0 Å². The zero-order valence-electron chi connectivity index (χ0n) is 21.0. The second-order valence-electron chi connectivity index (χ2n) is 8.95. The van der Waals surface area contributed by atoms with Crippen LogP contribution in [0.1, 0.15) is 94.3 Å². The van der Waals surface area contributed by atoms with Crippen molar-refractivity contribution in [2.45, 2.75) is 84.0 Å². The van der Waals surface area contributed by atoms with Crippen molar-refractivity contribution in [1.29, 1.82) is 0 Å². The molecular formula is C28H37ClFN3O2S. The number of halogens is 2. The first-order chi connectivity index (χ1) is 17.4. The quantitative estimate of drug-likeness (QED) is 0.159. The molecule has 2 rings (SSSR count). The maximum Gasteiger partial charge on any atom is 0.255 e. The lowest BCUT2D eigenvalue weighted by atomic mass is 10.1. The van der Waals surface area contributed by atoms with Gasteiger partial charge in [0.2, 0.25) is 5.91 Å². The van der Waals surface area contributed by atoms with Crippen LogP contribution >= 0.6 is 23.8 Å². The van der Waals surface area contributed by atoms with Gasteiger partial charge in [-0.1, -0.05) is 88.8 Å². The van der Waals surface area contributed by atoms with Crippen LogP contribution in [0.2, 0.25) is 5.02 Å². The van der Waals surface area contributed by atoms with E-state index in [0.717, 1.165) is 19.3 Å². The molecule has 2 aromatic rings. The molecule has 2 amide bonds. The first kappa shape index (κ1) is 29.7. The van der Waals surface area contributed by atoms with E-state index in [2.05, 4.69) is 22.9 Å². The molecule has 0 saturated carbocycles. The lowest BCUT2D eigenvalue weighted by Gasteiger charge is -2.11. The van der Waals surface area contributed by atoms with Crippen molar-refractivity contribution in [2.24, 2.45) is 0 Å². The lowest BCUT2D eigenvalue weighted by Crippen LogP contribution is -2.34. The zero-order chi connectivity index (χ0) is 26.2. The standard InChI is InChI=1S/C28H37ClFN3O2S/c1-2-3-4-5-6-7-8-9-10-11-12-16-26(34)33-28(36)32-22-15-13-14-21(19-22)27(35)31-23-17-18-25(30)24(29)20-23/h13-15,17-20H,2-12,16H2,1H3,(H,31,35)(H2,32,33,34,36). The first-order valence-corrected chi connectivity index (χ1v) is 13.6. The summed E-state index contributed by atoms with van der Waals surface area (Å²) in [6.07, 6.45) is 14.0. The van der Waals surface area contributed by atoms with Crippen molar-refractivity contribution in [3.05, 3.63) is 58.9 Å². The van der Waals surface area contributed by atoms with E-state index >= 15 is 0 Å². The molecule has 196 valence electrons. The topological polar surface area (TPSA) is 70.2 Å². The highest BCUT2D eigenvalue weighted by molar-refractivity contribution is 7.80. The van der Waals surface area contributed by atoms with Crippen LogP contribution < -0.4 is 16.0 Å². The van der Waals surface area contributed by atoms with E-state index in [1.54, 1.807) is 24.3 Å². The van der Waals surface area contributed by atoms with Gasteiger partial charge in [-0.2, -0.15) is 0 Å². The van der Waals surface area contributed by atoms with Crippen LogP contribution in [0.15, 0.2) is 42.5 Å². The first-order valence-electron chi connectivity index (χ1n) is 12.9. The number of amides is 2. The van der Waals surface area contributed by atoms with Crippen LogP contribution in [0, 0.1) is 5.82 Å². The van der Waals surface area contributed by atoms with Gasteiger partial charge in [-0.3, -0.25) is 9.59 Å². The Morgan fingerprint density at radius 2 is 1.44 bits per heavy atom. The van der Waals surface area contributed by atoms with Gasteiger partial charge < -0.3 is 16.0 Å². The molecule has 0 aromatic heterocycles. The summed E-state index contributed by atoms with van der Waals surface area (Å²) in [7, 11) is 0. The Kier molecular flexibility index (Phi) is 14.1. The molecule has 0 saturated heterocycles.